The van der Waals surface area contributed by atoms with Gasteiger partial charge in [0, 0.05) is 17.8 Å². The predicted molar refractivity (Wildman–Crippen MR) is 84.0 cm³/mol. The molecule has 1 unspecified atom stereocenters. The lowest BCUT2D eigenvalue weighted by atomic mass is 10.2. The van der Waals surface area contributed by atoms with Crippen LogP contribution in [0, 0.1) is 6.92 Å². The van der Waals surface area contributed by atoms with E-state index in [1.165, 1.54) is 10.7 Å². The lowest BCUT2D eigenvalue weighted by Gasteiger charge is -2.19. The van der Waals surface area contributed by atoms with E-state index in [1.54, 1.807) is 38.1 Å². The van der Waals surface area contributed by atoms with Crippen LogP contribution in [-0.4, -0.2) is 28.9 Å². The highest BCUT2D eigenvalue weighted by atomic mass is 16.6. The summed E-state index contributed by atoms with van der Waals surface area (Å²) in [7, 11) is 0. The van der Waals surface area contributed by atoms with Gasteiger partial charge < -0.3 is 14.8 Å². The van der Waals surface area contributed by atoms with Crippen LogP contribution in [0.5, 0.6) is 11.5 Å². The van der Waals surface area contributed by atoms with Crippen molar-refractivity contribution < 1.29 is 14.3 Å². The minimum atomic E-state index is -0.726. The van der Waals surface area contributed by atoms with Gasteiger partial charge in [0.25, 0.3) is 5.56 Å². The van der Waals surface area contributed by atoms with Crippen molar-refractivity contribution in [1.29, 1.82) is 0 Å². The molecule has 0 spiro atoms. The second-order valence-electron chi connectivity index (χ2n) is 5.28. The van der Waals surface area contributed by atoms with Crippen LogP contribution in [0.15, 0.2) is 35.1 Å². The van der Waals surface area contributed by atoms with Crippen LogP contribution >= 0.6 is 0 Å². The second-order valence-corrected chi connectivity index (χ2v) is 5.28. The zero-order chi connectivity index (χ0) is 16.4. The summed E-state index contributed by atoms with van der Waals surface area (Å²) < 4.78 is 12.1. The lowest BCUT2D eigenvalue weighted by molar-refractivity contribution is -0.119. The maximum atomic E-state index is 12.4. The molecule has 23 heavy (non-hydrogen) atoms. The SMILES string of the molecule is Cc1ccc(=O)n(C(C)C(=O)Nc2ccc3c(c2)OCCO3)n1. The molecule has 2 heterocycles. The molecule has 1 aliphatic rings. The number of rotatable bonds is 3. The summed E-state index contributed by atoms with van der Waals surface area (Å²) in [4.78, 5) is 24.2. The number of hydrogen-bond acceptors (Lipinski definition) is 5. The number of carbonyl (C=O) groups excluding carboxylic acids is 1. The molecular weight excluding hydrogens is 298 g/mol. The summed E-state index contributed by atoms with van der Waals surface area (Å²) in [5.41, 5.74) is 0.927. The van der Waals surface area contributed by atoms with Gasteiger partial charge in [0.05, 0.1) is 5.69 Å². The number of amides is 1. The van der Waals surface area contributed by atoms with Gasteiger partial charge in [-0.25, -0.2) is 4.68 Å². The lowest BCUT2D eigenvalue weighted by Crippen LogP contribution is -2.33. The third-order valence-electron chi connectivity index (χ3n) is 3.51. The van der Waals surface area contributed by atoms with E-state index in [0.29, 0.717) is 36.1 Å². The Morgan fingerprint density at radius 3 is 2.74 bits per heavy atom. The topological polar surface area (TPSA) is 82.5 Å². The smallest absolute Gasteiger partial charge is 0.267 e. The number of hydrogen-bond donors (Lipinski definition) is 1. The van der Waals surface area contributed by atoms with Crippen molar-refractivity contribution in [3.63, 3.8) is 0 Å². The van der Waals surface area contributed by atoms with Gasteiger partial charge in [0.2, 0.25) is 5.91 Å². The molecule has 0 bridgehead atoms. The van der Waals surface area contributed by atoms with Gasteiger partial charge in [-0.1, -0.05) is 0 Å². The first-order valence-electron chi connectivity index (χ1n) is 7.31. The minimum Gasteiger partial charge on any atom is -0.486 e. The molecule has 0 saturated heterocycles. The number of nitrogens with zero attached hydrogens (tertiary/aromatic N) is 2. The maximum absolute atomic E-state index is 12.4. The Bertz CT molecular complexity index is 800. The van der Waals surface area contributed by atoms with Gasteiger partial charge in [-0.05, 0) is 32.0 Å². The van der Waals surface area contributed by atoms with Gasteiger partial charge in [0.15, 0.2) is 11.5 Å². The van der Waals surface area contributed by atoms with Gasteiger partial charge in [-0.2, -0.15) is 5.10 Å². The quantitative estimate of drug-likeness (QED) is 0.928. The average molecular weight is 315 g/mol. The van der Waals surface area contributed by atoms with Crippen LogP contribution in [0.1, 0.15) is 18.7 Å². The van der Waals surface area contributed by atoms with Crippen molar-refractivity contribution in [2.24, 2.45) is 0 Å². The Kier molecular flexibility index (Phi) is 4.01. The van der Waals surface area contributed by atoms with Crippen molar-refractivity contribution in [3.05, 3.63) is 46.4 Å². The van der Waals surface area contributed by atoms with Crippen molar-refractivity contribution in [3.8, 4) is 11.5 Å². The number of anilines is 1. The third kappa shape index (κ3) is 3.18. The van der Waals surface area contributed by atoms with Gasteiger partial charge in [-0.15, -0.1) is 0 Å². The Morgan fingerprint density at radius 2 is 1.96 bits per heavy atom. The number of nitrogens with one attached hydrogen (secondary N) is 1. The summed E-state index contributed by atoms with van der Waals surface area (Å²) in [6.45, 7) is 4.38. The van der Waals surface area contributed by atoms with E-state index in [1.807, 2.05) is 0 Å². The molecule has 1 atom stereocenters. The van der Waals surface area contributed by atoms with Crippen LogP contribution in [0.4, 0.5) is 5.69 Å². The van der Waals surface area contributed by atoms with Crippen molar-refractivity contribution in [2.75, 3.05) is 18.5 Å². The molecule has 0 aliphatic carbocycles. The number of ether oxygens (including phenoxy) is 2. The second kappa shape index (κ2) is 6.12. The van der Waals surface area contributed by atoms with E-state index in [0.717, 1.165) is 0 Å². The Hall–Kier alpha value is -2.83. The molecule has 0 fully saturated rings. The molecule has 1 aromatic heterocycles. The molecule has 7 nitrogen and oxygen atoms in total. The highest BCUT2D eigenvalue weighted by molar-refractivity contribution is 5.93. The summed E-state index contributed by atoms with van der Waals surface area (Å²) in [5.74, 6) is 0.910. The molecular formula is C16H17N3O4. The van der Waals surface area contributed by atoms with E-state index >= 15 is 0 Å². The van der Waals surface area contributed by atoms with Crippen LogP contribution < -0.4 is 20.3 Å². The first-order valence-corrected chi connectivity index (χ1v) is 7.31. The minimum absolute atomic E-state index is 0.319. The first kappa shape index (κ1) is 15.1. The Labute approximate surface area is 132 Å². The van der Waals surface area contributed by atoms with Gasteiger partial charge in [-0.3, -0.25) is 9.59 Å². The van der Waals surface area contributed by atoms with Crippen LogP contribution in [0.2, 0.25) is 0 Å². The molecule has 0 saturated carbocycles. The van der Waals surface area contributed by atoms with E-state index < -0.39 is 6.04 Å². The van der Waals surface area contributed by atoms with E-state index in [-0.39, 0.29) is 11.5 Å². The van der Waals surface area contributed by atoms with Crippen molar-refractivity contribution in [1.82, 2.24) is 9.78 Å². The predicted octanol–water partition coefficient (Wildman–Crippen LogP) is 1.52. The van der Waals surface area contributed by atoms with Crippen molar-refractivity contribution in [2.45, 2.75) is 19.9 Å². The standard InChI is InChI=1S/C16H17N3O4/c1-10-3-6-15(20)19(18-10)11(2)16(21)17-12-4-5-13-14(9-12)23-8-7-22-13/h3-6,9,11H,7-8H2,1-2H3,(H,17,21). The average Bonchev–Trinajstić information content (AvgIpc) is 2.56. The number of aryl methyl sites for hydroxylation is 1. The summed E-state index contributed by atoms with van der Waals surface area (Å²) in [6.07, 6.45) is 0. The maximum Gasteiger partial charge on any atom is 0.267 e. The fourth-order valence-corrected chi connectivity index (χ4v) is 2.28. The monoisotopic (exact) mass is 315 g/mol. The normalized spacial score (nSPS) is 14.2. The molecule has 1 amide bonds. The zero-order valence-corrected chi connectivity index (χ0v) is 12.9. The van der Waals surface area contributed by atoms with Crippen LogP contribution in [0.3, 0.4) is 0 Å². The van der Waals surface area contributed by atoms with Crippen LogP contribution in [0.25, 0.3) is 0 Å². The van der Waals surface area contributed by atoms with E-state index in [2.05, 4.69) is 10.4 Å². The summed E-state index contributed by atoms with van der Waals surface area (Å²) in [5, 5.41) is 6.87. The summed E-state index contributed by atoms with van der Waals surface area (Å²) >= 11 is 0. The highest BCUT2D eigenvalue weighted by Crippen LogP contribution is 2.32. The molecule has 1 aliphatic heterocycles. The third-order valence-corrected chi connectivity index (χ3v) is 3.51. The number of fused-ring (bicyclic) bond motifs is 1. The highest BCUT2D eigenvalue weighted by Gasteiger charge is 2.19. The largest absolute Gasteiger partial charge is 0.486 e. The molecule has 7 heteroatoms. The molecule has 1 N–H and O–H groups in total. The molecule has 0 radical (unpaired) electrons. The van der Waals surface area contributed by atoms with Gasteiger partial charge >= 0.3 is 0 Å². The van der Waals surface area contributed by atoms with Crippen LogP contribution in [-0.2, 0) is 4.79 Å². The number of aromatic nitrogens is 2. The van der Waals surface area contributed by atoms with Gasteiger partial charge in [0.1, 0.15) is 19.3 Å². The number of benzene rings is 1. The van der Waals surface area contributed by atoms with E-state index in [4.69, 9.17) is 9.47 Å². The first-order chi connectivity index (χ1) is 11.0. The molecule has 120 valence electrons. The Balaban J connectivity index is 1.78. The molecule has 3 rings (SSSR count). The van der Waals surface area contributed by atoms with Crippen molar-refractivity contribution >= 4 is 11.6 Å². The molecule has 1 aromatic carbocycles. The fraction of sp³-hybridized carbons (Fsp3) is 0.312. The molecule has 2 aromatic rings. The zero-order valence-electron chi connectivity index (χ0n) is 12.9. The van der Waals surface area contributed by atoms with E-state index in [9.17, 15) is 9.59 Å². The fourth-order valence-electron chi connectivity index (χ4n) is 2.28. The summed E-state index contributed by atoms with van der Waals surface area (Å²) in [6, 6.07) is 7.46. The number of carbonyl (C=O) groups is 1. The Morgan fingerprint density at radius 1 is 1.22 bits per heavy atom.